The lowest BCUT2D eigenvalue weighted by molar-refractivity contribution is 0.680. The number of benzene rings is 1. The van der Waals surface area contributed by atoms with Crippen LogP contribution < -0.4 is 5.32 Å². The molecule has 0 aromatic heterocycles. The summed E-state index contributed by atoms with van der Waals surface area (Å²) < 4.78 is 11.7. The zero-order valence-corrected chi connectivity index (χ0v) is 14.1. The highest BCUT2D eigenvalue weighted by molar-refractivity contribution is 8.22. The molecule has 0 radical (unpaired) electrons. The van der Waals surface area contributed by atoms with E-state index in [9.17, 15) is 4.21 Å². The molecule has 1 aromatic carbocycles. The third-order valence-electron chi connectivity index (χ3n) is 2.44. The number of nitrogens with one attached hydrogen (secondary N) is 1. The van der Waals surface area contributed by atoms with E-state index in [-0.39, 0.29) is 0 Å². The lowest BCUT2D eigenvalue weighted by atomic mass is 10.2. The number of rotatable bonds is 7. The second-order valence-electron chi connectivity index (χ2n) is 4.08. The minimum Gasteiger partial charge on any atom is -0.371 e. The van der Waals surface area contributed by atoms with Crippen LogP contribution >= 0.6 is 35.6 Å². The van der Waals surface area contributed by atoms with E-state index in [4.69, 9.17) is 23.8 Å². The smallest absolute Gasteiger partial charge is 0.134 e. The largest absolute Gasteiger partial charge is 0.371 e. The third kappa shape index (κ3) is 7.92. The van der Waals surface area contributed by atoms with Gasteiger partial charge >= 0.3 is 0 Å². The minimum absolute atomic E-state index is 0.691. The zero-order valence-electron chi connectivity index (χ0n) is 10.9. The monoisotopic (exact) mass is 335 g/mol. The predicted octanol–water partition coefficient (Wildman–Crippen LogP) is 3.61. The van der Waals surface area contributed by atoms with E-state index in [0.717, 1.165) is 45.8 Å². The minimum atomic E-state index is -0.691. The number of thiocarbonyl (C=S) groups is 1. The fourth-order valence-corrected chi connectivity index (χ4v) is 3.34. The van der Waals surface area contributed by atoms with E-state index in [2.05, 4.69) is 5.32 Å². The topological polar surface area (TPSA) is 29.1 Å². The standard InChI is InChI=1S/C13H18ClNOS3/c1-19(16)9-5-4-8-15-13(17)18-10-11-6-2-3-7-12(11)14/h2-3,6-7H,4-5,8-10H2,1H3,(H,15,17). The molecule has 1 rings (SSSR count). The predicted molar refractivity (Wildman–Crippen MR) is 91.5 cm³/mol. The van der Waals surface area contributed by atoms with Gasteiger partial charge in [0.2, 0.25) is 0 Å². The molecule has 0 spiro atoms. The molecule has 0 saturated carbocycles. The summed E-state index contributed by atoms with van der Waals surface area (Å²) in [6.45, 7) is 0.839. The van der Waals surface area contributed by atoms with Gasteiger partial charge in [-0.25, -0.2) is 0 Å². The van der Waals surface area contributed by atoms with E-state index < -0.39 is 10.8 Å². The maximum Gasteiger partial charge on any atom is 0.134 e. The first kappa shape index (κ1) is 17.0. The maximum atomic E-state index is 10.9. The van der Waals surface area contributed by atoms with Crippen LogP contribution in [0.5, 0.6) is 0 Å². The Labute approximate surface area is 132 Å². The van der Waals surface area contributed by atoms with Gasteiger partial charge in [0.15, 0.2) is 0 Å². The summed E-state index contributed by atoms with van der Waals surface area (Å²) in [5, 5.41) is 3.98. The summed E-state index contributed by atoms with van der Waals surface area (Å²) in [5.74, 6) is 1.55. The number of thioether (sulfide) groups is 1. The average Bonchev–Trinajstić information content (AvgIpc) is 2.37. The first-order valence-electron chi connectivity index (χ1n) is 6.03. The summed E-state index contributed by atoms with van der Waals surface area (Å²) in [5.41, 5.74) is 1.10. The quantitative estimate of drug-likeness (QED) is 0.609. The summed E-state index contributed by atoms with van der Waals surface area (Å²) in [6.07, 6.45) is 3.69. The molecule has 0 aliphatic heterocycles. The Bertz CT molecular complexity index is 440. The molecule has 0 aliphatic carbocycles. The molecule has 19 heavy (non-hydrogen) atoms. The Morgan fingerprint density at radius 3 is 2.84 bits per heavy atom. The van der Waals surface area contributed by atoms with Crippen molar-refractivity contribution in [3.8, 4) is 0 Å². The Hall–Kier alpha value is -0.100. The molecule has 1 unspecified atom stereocenters. The van der Waals surface area contributed by atoms with Crippen molar-refractivity contribution in [3.05, 3.63) is 34.9 Å². The third-order valence-corrected chi connectivity index (χ3v) is 5.04. The van der Waals surface area contributed by atoms with Crippen LogP contribution in [-0.4, -0.2) is 27.1 Å². The molecule has 0 heterocycles. The van der Waals surface area contributed by atoms with E-state index in [0.29, 0.717) is 0 Å². The van der Waals surface area contributed by atoms with Crippen molar-refractivity contribution in [3.63, 3.8) is 0 Å². The van der Waals surface area contributed by atoms with E-state index >= 15 is 0 Å². The number of unbranched alkanes of at least 4 members (excludes halogenated alkanes) is 1. The SMILES string of the molecule is CS(=O)CCCCNC(=S)SCc1ccccc1Cl. The molecule has 6 heteroatoms. The highest BCUT2D eigenvalue weighted by Gasteiger charge is 2.02. The Balaban J connectivity index is 2.15. The molecule has 1 N–H and O–H groups in total. The van der Waals surface area contributed by atoms with Gasteiger partial charge in [0.05, 0.1) is 0 Å². The average molecular weight is 336 g/mol. The van der Waals surface area contributed by atoms with Crippen molar-refractivity contribution in [2.45, 2.75) is 18.6 Å². The first-order valence-corrected chi connectivity index (χ1v) is 9.53. The van der Waals surface area contributed by atoms with Crippen LogP contribution in [0.3, 0.4) is 0 Å². The fraction of sp³-hybridized carbons (Fsp3) is 0.462. The van der Waals surface area contributed by atoms with Crippen molar-refractivity contribution in [1.82, 2.24) is 5.32 Å². The van der Waals surface area contributed by atoms with Gasteiger partial charge in [-0.3, -0.25) is 4.21 Å². The van der Waals surface area contributed by atoms with Gasteiger partial charge in [0.25, 0.3) is 0 Å². The van der Waals surface area contributed by atoms with Crippen LogP contribution in [0, 0.1) is 0 Å². The van der Waals surface area contributed by atoms with Crippen molar-refractivity contribution in [2.75, 3.05) is 18.6 Å². The zero-order chi connectivity index (χ0) is 14.1. The number of hydrogen-bond donors (Lipinski definition) is 1. The lowest BCUT2D eigenvalue weighted by Crippen LogP contribution is -2.20. The van der Waals surface area contributed by atoms with Crippen LogP contribution in [0.2, 0.25) is 5.02 Å². The van der Waals surface area contributed by atoms with Gasteiger partial charge < -0.3 is 5.32 Å². The molecule has 0 saturated heterocycles. The van der Waals surface area contributed by atoms with E-state index in [1.807, 2.05) is 24.3 Å². The summed E-state index contributed by atoms with van der Waals surface area (Å²) in [6, 6.07) is 7.79. The van der Waals surface area contributed by atoms with Gasteiger partial charge in [-0.1, -0.05) is 53.8 Å². The fourth-order valence-electron chi connectivity index (χ4n) is 1.43. The number of halogens is 1. The van der Waals surface area contributed by atoms with Gasteiger partial charge in [0.1, 0.15) is 4.32 Å². The molecular formula is C13H18ClNOS3. The van der Waals surface area contributed by atoms with Crippen molar-refractivity contribution < 1.29 is 4.21 Å². The van der Waals surface area contributed by atoms with Crippen molar-refractivity contribution in [2.24, 2.45) is 0 Å². The number of hydrogen-bond acceptors (Lipinski definition) is 3. The summed E-state index contributed by atoms with van der Waals surface area (Å²) in [7, 11) is -0.691. The van der Waals surface area contributed by atoms with Crippen molar-refractivity contribution >= 4 is 50.7 Å². The highest BCUT2D eigenvalue weighted by atomic mass is 35.5. The van der Waals surface area contributed by atoms with Crippen LogP contribution in [0.25, 0.3) is 0 Å². The van der Waals surface area contributed by atoms with Gasteiger partial charge in [0, 0.05) is 40.1 Å². The molecule has 1 aromatic rings. The Morgan fingerprint density at radius 1 is 1.42 bits per heavy atom. The van der Waals surface area contributed by atoms with Gasteiger partial charge in [-0.15, -0.1) is 0 Å². The second-order valence-corrected chi connectivity index (χ2v) is 7.69. The maximum absolute atomic E-state index is 10.9. The van der Waals surface area contributed by atoms with E-state index in [1.165, 1.54) is 0 Å². The second kappa shape index (κ2) is 9.75. The normalized spacial score (nSPS) is 12.1. The van der Waals surface area contributed by atoms with Gasteiger partial charge in [-0.2, -0.15) is 0 Å². The molecule has 1 atom stereocenters. The van der Waals surface area contributed by atoms with Crippen LogP contribution in [0.1, 0.15) is 18.4 Å². The molecule has 0 aliphatic rings. The summed E-state index contributed by atoms with van der Waals surface area (Å²) in [4.78, 5) is 0. The molecular weight excluding hydrogens is 318 g/mol. The molecule has 2 nitrogen and oxygen atoms in total. The van der Waals surface area contributed by atoms with Crippen LogP contribution in [-0.2, 0) is 16.6 Å². The Kier molecular flexibility index (Phi) is 8.70. The summed E-state index contributed by atoms with van der Waals surface area (Å²) >= 11 is 12.9. The van der Waals surface area contributed by atoms with Crippen LogP contribution in [0.4, 0.5) is 0 Å². The van der Waals surface area contributed by atoms with Gasteiger partial charge in [-0.05, 0) is 24.5 Å². The molecule has 0 bridgehead atoms. The molecule has 0 fully saturated rings. The molecule has 106 valence electrons. The highest BCUT2D eigenvalue weighted by Crippen LogP contribution is 2.20. The first-order chi connectivity index (χ1) is 9.09. The lowest BCUT2D eigenvalue weighted by Gasteiger charge is -2.08. The molecule has 0 amide bonds. The Morgan fingerprint density at radius 2 is 2.16 bits per heavy atom. The van der Waals surface area contributed by atoms with E-state index in [1.54, 1.807) is 18.0 Å². The van der Waals surface area contributed by atoms with Crippen LogP contribution in [0.15, 0.2) is 24.3 Å². The van der Waals surface area contributed by atoms with Crippen molar-refractivity contribution in [1.29, 1.82) is 0 Å².